The molecule has 0 aromatic heterocycles. The molecule has 2 fully saturated rings. The predicted molar refractivity (Wildman–Crippen MR) is 64.4 cm³/mol. The number of nitrogens with two attached hydrogens (primary N) is 1. The van der Waals surface area contributed by atoms with Crippen molar-refractivity contribution in [1.29, 1.82) is 0 Å². The van der Waals surface area contributed by atoms with Crippen LogP contribution < -0.4 is 5.73 Å². The molecule has 2 bridgehead atoms. The summed E-state index contributed by atoms with van der Waals surface area (Å²) < 4.78 is 43.2. The van der Waals surface area contributed by atoms with Gasteiger partial charge in [-0.15, -0.1) is 0 Å². The number of hydrogen-bond acceptors (Lipinski definition) is 2. The lowest BCUT2D eigenvalue weighted by molar-refractivity contribution is -0.137. The van der Waals surface area contributed by atoms with E-state index in [4.69, 9.17) is 10.5 Å². The highest BCUT2D eigenvalue weighted by atomic mass is 19.4. The van der Waals surface area contributed by atoms with Gasteiger partial charge in [-0.1, -0.05) is 12.1 Å². The van der Waals surface area contributed by atoms with Gasteiger partial charge in [-0.2, -0.15) is 13.2 Å². The highest BCUT2D eigenvalue weighted by molar-refractivity contribution is 5.27. The van der Waals surface area contributed by atoms with E-state index in [0.29, 0.717) is 6.10 Å². The van der Waals surface area contributed by atoms with E-state index in [1.807, 2.05) is 0 Å². The van der Waals surface area contributed by atoms with E-state index in [0.717, 1.165) is 37.0 Å². The molecule has 2 N–H and O–H groups in total. The SMILES string of the molecule is NC(c1ccc(C(F)(F)F)cc1)C1CC2CCC1O2. The van der Waals surface area contributed by atoms with Crippen LogP contribution in [0.1, 0.15) is 36.4 Å². The zero-order valence-corrected chi connectivity index (χ0v) is 10.4. The van der Waals surface area contributed by atoms with Gasteiger partial charge < -0.3 is 10.5 Å². The van der Waals surface area contributed by atoms with Crippen LogP contribution in [0, 0.1) is 5.92 Å². The smallest absolute Gasteiger partial charge is 0.375 e. The number of alkyl halides is 3. The number of rotatable bonds is 2. The highest BCUT2D eigenvalue weighted by Crippen LogP contribution is 2.44. The minimum atomic E-state index is -4.29. The molecule has 2 heterocycles. The Balaban J connectivity index is 1.75. The standard InChI is InChI=1S/C14H16F3NO/c15-14(16,17)9-3-1-8(2-4-9)13(18)11-7-10-5-6-12(11)19-10/h1-4,10-13H,5-7,18H2. The maximum Gasteiger partial charge on any atom is 0.416 e. The molecular formula is C14H16F3NO. The Morgan fingerprint density at radius 3 is 2.32 bits per heavy atom. The molecule has 1 aromatic carbocycles. The minimum absolute atomic E-state index is 0.183. The third-order valence-corrected chi connectivity index (χ3v) is 4.24. The Morgan fingerprint density at radius 2 is 1.84 bits per heavy atom. The molecule has 19 heavy (non-hydrogen) atoms. The van der Waals surface area contributed by atoms with Crippen molar-refractivity contribution in [3.05, 3.63) is 35.4 Å². The van der Waals surface area contributed by atoms with E-state index in [1.165, 1.54) is 12.1 Å². The highest BCUT2D eigenvalue weighted by Gasteiger charge is 2.43. The van der Waals surface area contributed by atoms with Gasteiger partial charge >= 0.3 is 6.18 Å². The zero-order valence-electron chi connectivity index (χ0n) is 10.4. The fraction of sp³-hybridized carbons (Fsp3) is 0.571. The van der Waals surface area contributed by atoms with Gasteiger partial charge in [0.1, 0.15) is 0 Å². The van der Waals surface area contributed by atoms with Crippen molar-refractivity contribution in [2.75, 3.05) is 0 Å². The Kier molecular flexibility index (Phi) is 3.06. The molecule has 2 nitrogen and oxygen atoms in total. The Hall–Kier alpha value is -1.07. The first-order valence-corrected chi connectivity index (χ1v) is 6.53. The third kappa shape index (κ3) is 2.37. The third-order valence-electron chi connectivity index (χ3n) is 4.24. The molecule has 0 spiro atoms. The molecule has 2 saturated heterocycles. The summed E-state index contributed by atoms with van der Waals surface area (Å²) >= 11 is 0. The summed E-state index contributed by atoms with van der Waals surface area (Å²) in [6, 6.07) is 4.93. The first kappa shape index (κ1) is 12.9. The Labute approximate surface area is 109 Å². The molecule has 1 aromatic rings. The quantitative estimate of drug-likeness (QED) is 0.896. The molecule has 4 unspecified atom stereocenters. The molecule has 0 aliphatic carbocycles. The summed E-state index contributed by atoms with van der Waals surface area (Å²) in [7, 11) is 0. The van der Waals surface area contributed by atoms with Crippen LogP contribution >= 0.6 is 0 Å². The van der Waals surface area contributed by atoms with Crippen LogP contribution in [-0.4, -0.2) is 12.2 Å². The van der Waals surface area contributed by atoms with Gasteiger partial charge in [0.15, 0.2) is 0 Å². The number of ether oxygens (including phenoxy) is 1. The van der Waals surface area contributed by atoms with E-state index in [2.05, 4.69) is 0 Å². The maximum absolute atomic E-state index is 12.5. The topological polar surface area (TPSA) is 35.2 Å². The van der Waals surface area contributed by atoms with Crippen LogP contribution in [0.5, 0.6) is 0 Å². The number of benzene rings is 1. The second-order valence-electron chi connectivity index (χ2n) is 5.42. The molecule has 0 saturated carbocycles. The van der Waals surface area contributed by atoms with Crippen LogP contribution in [0.4, 0.5) is 13.2 Å². The van der Waals surface area contributed by atoms with Crippen LogP contribution in [0.25, 0.3) is 0 Å². The predicted octanol–water partition coefficient (Wildman–Crippen LogP) is 3.27. The van der Waals surface area contributed by atoms with Crippen LogP contribution in [0.3, 0.4) is 0 Å². The van der Waals surface area contributed by atoms with Gasteiger partial charge in [0.2, 0.25) is 0 Å². The Bertz CT molecular complexity index is 457. The summed E-state index contributed by atoms with van der Waals surface area (Å²) in [5.74, 6) is 0.232. The lowest BCUT2D eigenvalue weighted by Crippen LogP contribution is -2.29. The second-order valence-corrected chi connectivity index (χ2v) is 5.42. The van der Waals surface area contributed by atoms with E-state index in [1.54, 1.807) is 0 Å². The van der Waals surface area contributed by atoms with Gasteiger partial charge in [-0.05, 0) is 37.0 Å². The van der Waals surface area contributed by atoms with Crippen molar-refractivity contribution < 1.29 is 17.9 Å². The molecule has 5 heteroatoms. The van der Waals surface area contributed by atoms with Crippen molar-refractivity contribution in [2.24, 2.45) is 11.7 Å². The average Bonchev–Trinajstić information content (AvgIpc) is 2.99. The molecule has 104 valence electrons. The van der Waals surface area contributed by atoms with Crippen LogP contribution in [-0.2, 0) is 10.9 Å². The van der Waals surface area contributed by atoms with Gasteiger partial charge in [0.05, 0.1) is 17.8 Å². The molecule has 3 rings (SSSR count). The molecule has 2 aliphatic heterocycles. The first-order valence-electron chi connectivity index (χ1n) is 6.53. The second kappa shape index (κ2) is 4.49. The molecular weight excluding hydrogens is 255 g/mol. The first-order chi connectivity index (χ1) is 8.95. The summed E-state index contributed by atoms with van der Waals surface area (Å²) in [5, 5.41) is 0. The average molecular weight is 271 g/mol. The van der Waals surface area contributed by atoms with Crippen LogP contribution in [0.2, 0.25) is 0 Å². The summed E-state index contributed by atoms with van der Waals surface area (Å²) in [5.41, 5.74) is 6.31. The van der Waals surface area contributed by atoms with Crippen molar-refractivity contribution in [2.45, 2.75) is 43.7 Å². The molecule has 4 atom stereocenters. The van der Waals surface area contributed by atoms with E-state index < -0.39 is 11.7 Å². The zero-order chi connectivity index (χ0) is 13.6. The maximum atomic E-state index is 12.5. The normalized spacial score (nSPS) is 31.7. The number of hydrogen-bond donors (Lipinski definition) is 1. The molecule has 0 amide bonds. The molecule has 2 aliphatic rings. The van der Waals surface area contributed by atoms with Gasteiger partial charge in [-0.3, -0.25) is 0 Å². The number of halogens is 3. The van der Waals surface area contributed by atoms with Crippen LogP contribution in [0.15, 0.2) is 24.3 Å². The number of fused-ring (bicyclic) bond motifs is 2. The largest absolute Gasteiger partial charge is 0.416 e. The van der Waals surface area contributed by atoms with Crippen molar-refractivity contribution in [3.8, 4) is 0 Å². The Morgan fingerprint density at radius 1 is 1.16 bits per heavy atom. The van der Waals surface area contributed by atoms with E-state index in [9.17, 15) is 13.2 Å². The monoisotopic (exact) mass is 271 g/mol. The van der Waals surface area contributed by atoms with E-state index >= 15 is 0 Å². The fourth-order valence-corrected chi connectivity index (χ4v) is 3.20. The van der Waals surface area contributed by atoms with Gasteiger partial charge in [0.25, 0.3) is 0 Å². The minimum Gasteiger partial charge on any atom is -0.375 e. The summed E-state index contributed by atoms with van der Waals surface area (Å²) in [4.78, 5) is 0. The summed E-state index contributed by atoms with van der Waals surface area (Å²) in [6.07, 6.45) is -0.784. The van der Waals surface area contributed by atoms with E-state index in [-0.39, 0.29) is 18.1 Å². The van der Waals surface area contributed by atoms with Crippen molar-refractivity contribution in [1.82, 2.24) is 0 Å². The summed E-state index contributed by atoms with van der Waals surface area (Å²) in [6.45, 7) is 0. The van der Waals surface area contributed by atoms with Crippen molar-refractivity contribution >= 4 is 0 Å². The lowest BCUT2D eigenvalue weighted by atomic mass is 9.81. The van der Waals surface area contributed by atoms with Gasteiger partial charge in [-0.25, -0.2) is 0 Å². The lowest BCUT2D eigenvalue weighted by Gasteiger charge is -2.25. The molecule has 0 radical (unpaired) electrons. The fourth-order valence-electron chi connectivity index (χ4n) is 3.20. The van der Waals surface area contributed by atoms with Gasteiger partial charge in [0, 0.05) is 12.0 Å². The van der Waals surface area contributed by atoms with Crippen molar-refractivity contribution in [3.63, 3.8) is 0 Å².